The maximum atomic E-state index is 11.4. The van der Waals surface area contributed by atoms with E-state index in [4.69, 9.17) is 4.74 Å². The van der Waals surface area contributed by atoms with E-state index in [9.17, 15) is 9.90 Å². The Morgan fingerprint density at radius 2 is 1.95 bits per heavy atom. The average Bonchev–Trinajstić information content (AvgIpc) is 2.48. The van der Waals surface area contributed by atoms with E-state index in [1.807, 2.05) is 54.6 Å². The third-order valence-corrected chi connectivity index (χ3v) is 4.18. The molecule has 0 saturated carbocycles. The topological polar surface area (TPSA) is 46.5 Å². The van der Waals surface area contributed by atoms with Gasteiger partial charge in [-0.05, 0) is 23.3 Å². The minimum atomic E-state index is -0.816. The first-order chi connectivity index (χ1) is 9.70. The molecule has 0 unspecified atom stereocenters. The fourth-order valence-electron chi connectivity index (χ4n) is 1.88. The summed E-state index contributed by atoms with van der Waals surface area (Å²) in [5.74, 6) is 0.599. The highest BCUT2D eigenvalue weighted by Crippen LogP contribution is 2.32. The van der Waals surface area contributed by atoms with Crippen molar-refractivity contribution in [2.75, 3.05) is 7.11 Å². The van der Waals surface area contributed by atoms with Crippen LogP contribution in [0.3, 0.4) is 0 Å². The van der Waals surface area contributed by atoms with Crippen LogP contribution in [0.5, 0.6) is 5.75 Å². The molecular weight excluding hydrogens is 272 g/mol. The zero-order valence-electron chi connectivity index (χ0n) is 11.2. The number of carbonyl (C=O) groups is 1. The van der Waals surface area contributed by atoms with Gasteiger partial charge in [-0.2, -0.15) is 0 Å². The fourth-order valence-corrected chi connectivity index (χ4v) is 2.91. The molecule has 4 heteroatoms. The molecule has 1 atom stereocenters. The van der Waals surface area contributed by atoms with Crippen molar-refractivity contribution in [3.63, 3.8) is 0 Å². The first-order valence-corrected chi connectivity index (χ1v) is 7.28. The summed E-state index contributed by atoms with van der Waals surface area (Å²) in [4.78, 5) is 11.4. The Hall–Kier alpha value is -1.94. The van der Waals surface area contributed by atoms with E-state index in [1.54, 1.807) is 7.11 Å². The molecule has 0 aliphatic carbocycles. The molecule has 0 spiro atoms. The molecular formula is C16H16O3S. The second-order valence-electron chi connectivity index (χ2n) is 4.29. The van der Waals surface area contributed by atoms with Gasteiger partial charge >= 0.3 is 5.97 Å². The van der Waals surface area contributed by atoms with E-state index in [2.05, 4.69) is 0 Å². The molecule has 1 N–H and O–H groups in total. The second-order valence-corrected chi connectivity index (χ2v) is 5.38. The first kappa shape index (κ1) is 14.5. The van der Waals surface area contributed by atoms with E-state index in [0.717, 1.165) is 16.9 Å². The van der Waals surface area contributed by atoms with Gasteiger partial charge in [0, 0.05) is 5.75 Å². The minimum Gasteiger partial charge on any atom is -0.497 e. The Bertz CT molecular complexity index is 569. The van der Waals surface area contributed by atoms with Gasteiger partial charge in [0.15, 0.2) is 0 Å². The lowest BCUT2D eigenvalue weighted by Gasteiger charge is -2.12. The molecule has 20 heavy (non-hydrogen) atoms. The summed E-state index contributed by atoms with van der Waals surface area (Å²) >= 11 is 1.40. The van der Waals surface area contributed by atoms with Gasteiger partial charge in [0.05, 0.1) is 7.11 Å². The molecule has 0 bridgehead atoms. The second kappa shape index (κ2) is 7.01. The fraction of sp³-hybridized carbons (Fsp3) is 0.188. The average molecular weight is 288 g/mol. The lowest BCUT2D eigenvalue weighted by Crippen LogP contribution is -2.08. The number of benzene rings is 2. The van der Waals surface area contributed by atoms with Gasteiger partial charge in [-0.1, -0.05) is 42.5 Å². The molecule has 0 aromatic heterocycles. The largest absolute Gasteiger partial charge is 0.497 e. The quantitative estimate of drug-likeness (QED) is 0.879. The molecule has 0 heterocycles. The maximum absolute atomic E-state index is 11.4. The number of aliphatic carboxylic acids is 1. The van der Waals surface area contributed by atoms with E-state index in [1.165, 1.54) is 11.8 Å². The summed E-state index contributed by atoms with van der Waals surface area (Å²) < 4.78 is 5.17. The molecule has 2 rings (SSSR count). The Morgan fingerprint density at radius 1 is 1.20 bits per heavy atom. The van der Waals surface area contributed by atoms with Gasteiger partial charge < -0.3 is 9.84 Å². The smallest absolute Gasteiger partial charge is 0.321 e. The Kier molecular flexibility index (Phi) is 5.07. The maximum Gasteiger partial charge on any atom is 0.321 e. The molecule has 2 aromatic rings. The van der Waals surface area contributed by atoms with Crippen molar-refractivity contribution in [1.82, 2.24) is 0 Å². The van der Waals surface area contributed by atoms with Gasteiger partial charge in [-0.3, -0.25) is 4.79 Å². The van der Waals surface area contributed by atoms with Crippen LogP contribution in [-0.2, 0) is 10.5 Å². The molecule has 0 fully saturated rings. The summed E-state index contributed by atoms with van der Waals surface area (Å²) in [6, 6.07) is 17.0. The highest BCUT2D eigenvalue weighted by Gasteiger charge is 2.19. The first-order valence-electron chi connectivity index (χ1n) is 6.23. The van der Waals surface area contributed by atoms with Crippen molar-refractivity contribution in [2.24, 2.45) is 0 Å². The highest BCUT2D eigenvalue weighted by atomic mass is 32.2. The van der Waals surface area contributed by atoms with Crippen LogP contribution in [0.4, 0.5) is 0 Å². The van der Waals surface area contributed by atoms with E-state index < -0.39 is 11.2 Å². The normalized spacial score (nSPS) is 11.8. The number of carboxylic acid groups (broad SMARTS) is 1. The number of hydrogen-bond donors (Lipinski definition) is 1. The summed E-state index contributed by atoms with van der Waals surface area (Å²) in [6.07, 6.45) is 0. The summed E-state index contributed by atoms with van der Waals surface area (Å²) in [5.41, 5.74) is 1.87. The minimum absolute atomic E-state index is 0.553. The Balaban J connectivity index is 2.08. The van der Waals surface area contributed by atoms with Crippen molar-refractivity contribution >= 4 is 17.7 Å². The van der Waals surface area contributed by atoms with E-state index in [0.29, 0.717) is 5.75 Å². The molecule has 0 amide bonds. The van der Waals surface area contributed by atoms with Gasteiger partial charge in [0.2, 0.25) is 0 Å². The monoisotopic (exact) mass is 288 g/mol. The van der Waals surface area contributed by atoms with Crippen LogP contribution in [0.15, 0.2) is 54.6 Å². The lowest BCUT2D eigenvalue weighted by atomic mass is 10.1. The van der Waals surface area contributed by atoms with Gasteiger partial charge in [-0.25, -0.2) is 0 Å². The van der Waals surface area contributed by atoms with Gasteiger partial charge in [0.25, 0.3) is 0 Å². The summed E-state index contributed by atoms with van der Waals surface area (Å²) in [7, 11) is 1.62. The van der Waals surface area contributed by atoms with Crippen molar-refractivity contribution in [3.05, 3.63) is 65.7 Å². The molecule has 0 saturated heterocycles. The van der Waals surface area contributed by atoms with E-state index >= 15 is 0 Å². The Morgan fingerprint density at radius 3 is 2.60 bits per heavy atom. The van der Waals surface area contributed by atoms with Gasteiger partial charge in [0.1, 0.15) is 11.0 Å². The van der Waals surface area contributed by atoms with Crippen molar-refractivity contribution in [1.29, 1.82) is 0 Å². The van der Waals surface area contributed by atoms with Gasteiger partial charge in [-0.15, -0.1) is 11.8 Å². The number of ether oxygens (including phenoxy) is 1. The SMILES string of the molecule is COc1cccc(CS[C@@H](C(=O)O)c2ccccc2)c1. The molecule has 0 aliphatic heterocycles. The molecule has 0 aliphatic rings. The lowest BCUT2D eigenvalue weighted by molar-refractivity contribution is -0.136. The van der Waals surface area contributed by atoms with Crippen LogP contribution in [0.1, 0.15) is 16.4 Å². The molecule has 0 radical (unpaired) electrons. The van der Waals surface area contributed by atoms with Crippen LogP contribution < -0.4 is 4.74 Å². The predicted molar refractivity (Wildman–Crippen MR) is 81.1 cm³/mol. The summed E-state index contributed by atoms with van der Waals surface area (Å²) in [6.45, 7) is 0. The highest BCUT2D eigenvalue weighted by molar-refractivity contribution is 7.99. The van der Waals surface area contributed by atoms with Crippen LogP contribution in [0.2, 0.25) is 0 Å². The molecule has 2 aromatic carbocycles. The van der Waals surface area contributed by atoms with Crippen molar-refractivity contribution in [3.8, 4) is 5.75 Å². The van der Waals surface area contributed by atoms with Crippen molar-refractivity contribution in [2.45, 2.75) is 11.0 Å². The van der Waals surface area contributed by atoms with Crippen LogP contribution in [-0.4, -0.2) is 18.2 Å². The molecule has 3 nitrogen and oxygen atoms in total. The third-order valence-electron chi connectivity index (χ3n) is 2.88. The standard InChI is InChI=1S/C16H16O3S/c1-19-14-9-5-6-12(10-14)11-20-15(16(17)18)13-7-3-2-4-8-13/h2-10,15H,11H2,1H3,(H,17,18)/t15-/m1/s1. The van der Waals surface area contributed by atoms with E-state index in [-0.39, 0.29) is 0 Å². The summed E-state index contributed by atoms with van der Waals surface area (Å²) in [5, 5.41) is 8.81. The number of rotatable bonds is 6. The third kappa shape index (κ3) is 3.78. The van der Waals surface area contributed by atoms with Crippen LogP contribution >= 0.6 is 11.8 Å². The van der Waals surface area contributed by atoms with Crippen molar-refractivity contribution < 1.29 is 14.6 Å². The molecule has 104 valence electrons. The zero-order valence-corrected chi connectivity index (χ0v) is 12.0. The predicted octanol–water partition coefficient (Wildman–Crippen LogP) is 3.75. The van der Waals surface area contributed by atoms with Crippen LogP contribution in [0.25, 0.3) is 0 Å². The van der Waals surface area contributed by atoms with Crippen LogP contribution in [0, 0.1) is 0 Å². The number of methoxy groups -OCH3 is 1. The zero-order chi connectivity index (χ0) is 14.4. The Labute approximate surface area is 122 Å². The number of carboxylic acids is 1. The number of hydrogen-bond acceptors (Lipinski definition) is 3. The number of thioether (sulfide) groups is 1.